The van der Waals surface area contributed by atoms with E-state index in [4.69, 9.17) is 0 Å². The van der Waals surface area contributed by atoms with Gasteiger partial charge in [-0.1, -0.05) is 33.6 Å². The lowest BCUT2D eigenvalue weighted by atomic mass is 9.82. The van der Waals surface area contributed by atoms with Crippen molar-refractivity contribution in [1.29, 1.82) is 0 Å². The molecular weight excluding hydrogens is 170 g/mol. The Kier molecular flexibility index (Phi) is 2.88. The number of fused-ring (bicyclic) bond motifs is 1. The van der Waals surface area contributed by atoms with E-state index in [9.17, 15) is 0 Å². The van der Waals surface area contributed by atoms with Gasteiger partial charge in [0.25, 0.3) is 0 Å². The molecule has 0 aromatic carbocycles. The van der Waals surface area contributed by atoms with Crippen LogP contribution in [0, 0.1) is 11.3 Å². The summed E-state index contributed by atoms with van der Waals surface area (Å²) >= 11 is 0. The summed E-state index contributed by atoms with van der Waals surface area (Å²) in [6.45, 7) is 7.07. The van der Waals surface area contributed by atoms with Gasteiger partial charge in [0, 0.05) is 12.1 Å². The fourth-order valence-corrected chi connectivity index (χ4v) is 3.33. The summed E-state index contributed by atoms with van der Waals surface area (Å²) in [5.74, 6) is 1.01. The van der Waals surface area contributed by atoms with E-state index in [1.165, 1.54) is 38.5 Å². The van der Waals surface area contributed by atoms with Crippen molar-refractivity contribution in [3.8, 4) is 0 Å². The van der Waals surface area contributed by atoms with Gasteiger partial charge in [-0.15, -0.1) is 0 Å². The van der Waals surface area contributed by atoms with Crippen LogP contribution in [-0.4, -0.2) is 12.1 Å². The lowest BCUT2D eigenvalue weighted by Gasteiger charge is -2.25. The maximum absolute atomic E-state index is 3.85. The summed E-state index contributed by atoms with van der Waals surface area (Å²) in [7, 11) is 0. The third kappa shape index (κ3) is 2.50. The first-order valence-electron chi connectivity index (χ1n) is 6.31. The Hall–Kier alpha value is -0.0400. The predicted octanol–water partition coefficient (Wildman–Crippen LogP) is 3.34. The number of rotatable bonds is 1. The molecule has 82 valence electrons. The standard InChI is InChI=1S/C13H25N/c1-13(2,3)9-11-8-10-6-4-5-7-12(10)14-11/h10-12,14H,4-9H2,1-3H3. The average molecular weight is 195 g/mol. The van der Waals surface area contributed by atoms with Crippen molar-refractivity contribution in [2.24, 2.45) is 11.3 Å². The van der Waals surface area contributed by atoms with E-state index in [1.807, 2.05) is 0 Å². The second-order valence-electron chi connectivity index (χ2n) is 6.52. The average Bonchev–Trinajstić information content (AvgIpc) is 2.42. The second kappa shape index (κ2) is 3.84. The molecule has 1 heterocycles. The lowest BCUT2D eigenvalue weighted by molar-refractivity contribution is 0.316. The molecule has 1 heteroatoms. The smallest absolute Gasteiger partial charge is 0.00985 e. The summed E-state index contributed by atoms with van der Waals surface area (Å²) in [5, 5.41) is 3.85. The van der Waals surface area contributed by atoms with Gasteiger partial charge in [0.1, 0.15) is 0 Å². The molecule has 1 N–H and O–H groups in total. The van der Waals surface area contributed by atoms with Gasteiger partial charge in [-0.2, -0.15) is 0 Å². The third-order valence-electron chi connectivity index (χ3n) is 3.80. The van der Waals surface area contributed by atoms with Crippen LogP contribution in [0.3, 0.4) is 0 Å². The zero-order chi connectivity index (χ0) is 10.2. The molecule has 2 rings (SSSR count). The maximum atomic E-state index is 3.85. The molecule has 2 aliphatic rings. The minimum Gasteiger partial charge on any atom is -0.311 e. The summed E-state index contributed by atoms with van der Waals surface area (Å²) in [6, 6.07) is 1.68. The van der Waals surface area contributed by atoms with Crippen LogP contribution in [0.15, 0.2) is 0 Å². The third-order valence-corrected chi connectivity index (χ3v) is 3.80. The molecule has 0 amide bonds. The first-order chi connectivity index (χ1) is 6.54. The Labute approximate surface area is 88.7 Å². The summed E-state index contributed by atoms with van der Waals surface area (Å²) < 4.78 is 0. The number of nitrogens with one attached hydrogen (secondary N) is 1. The molecule has 1 nitrogen and oxygen atoms in total. The Morgan fingerprint density at radius 1 is 1.14 bits per heavy atom. The summed E-state index contributed by atoms with van der Waals surface area (Å²) in [6.07, 6.45) is 8.65. The van der Waals surface area contributed by atoms with Crippen LogP contribution in [-0.2, 0) is 0 Å². The molecule has 0 aromatic rings. The number of hydrogen-bond acceptors (Lipinski definition) is 1. The van der Waals surface area contributed by atoms with Gasteiger partial charge in [0.05, 0.1) is 0 Å². The van der Waals surface area contributed by atoms with Gasteiger partial charge >= 0.3 is 0 Å². The zero-order valence-corrected chi connectivity index (χ0v) is 9.97. The van der Waals surface area contributed by atoms with Gasteiger partial charge in [-0.3, -0.25) is 0 Å². The second-order valence-corrected chi connectivity index (χ2v) is 6.52. The maximum Gasteiger partial charge on any atom is 0.00985 e. The normalized spacial score (nSPS) is 38.4. The highest BCUT2D eigenvalue weighted by molar-refractivity contribution is 4.94. The topological polar surface area (TPSA) is 12.0 Å². The molecule has 14 heavy (non-hydrogen) atoms. The molecule has 0 aromatic heterocycles. The fraction of sp³-hybridized carbons (Fsp3) is 1.00. The Bertz CT molecular complexity index is 178. The minimum absolute atomic E-state index is 0.491. The predicted molar refractivity (Wildman–Crippen MR) is 61.4 cm³/mol. The van der Waals surface area contributed by atoms with Crippen molar-refractivity contribution in [1.82, 2.24) is 5.32 Å². The van der Waals surface area contributed by atoms with E-state index < -0.39 is 0 Å². The first kappa shape index (κ1) is 10.5. The van der Waals surface area contributed by atoms with Gasteiger partial charge in [0.15, 0.2) is 0 Å². The van der Waals surface area contributed by atoms with E-state index in [0.29, 0.717) is 5.41 Å². The molecule has 0 bridgehead atoms. The summed E-state index contributed by atoms with van der Waals surface area (Å²) in [5.41, 5.74) is 0.491. The molecule has 3 atom stereocenters. The van der Waals surface area contributed by atoms with Crippen LogP contribution in [0.1, 0.15) is 59.3 Å². The van der Waals surface area contributed by atoms with Crippen molar-refractivity contribution in [3.63, 3.8) is 0 Å². The Morgan fingerprint density at radius 3 is 2.50 bits per heavy atom. The minimum atomic E-state index is 0.491. The van der Waals surface area contributed by atoms with E-state index in [1.54, 1.807) is 0 Å². The summed E-state index contributed by atoms with van der Waals surface area (Å²) in [4.78, 5) is 0. The molecule has 1 aliphatic carbocycles. The largest absolute Gasteiger partial charge is 0.311 e. The van der Waals surface area contributed by atoms with Crippen LogP contribution < -0.4 is 5.32 Å². The van der Waals surface area contributed by atoms with Gasteiger partial charge in [-0.25, -0.2) is 0 Å². The van der Waals surface area contributed by atoms with Crippen LogP contribution >= 0.6 is 0 Å². The molecule has 2 fully saturated rings. The SMILES string of the molecule is CC(C)(C)CC1CC2CCCCC2N1. The molecular formula is C13H25N. The molecule has 0 radical (unpaired) electrons. The van der Waals surface area contributed by atoms with E-state index in [-0.39, 0.29) is 0 Å². The van der Waals surface area contributed by atoms with Crippen molar-refractivity contribution in [3.05, 3.63) is 0 Å². The highest BCUT2D eigenvalue weighted by Crippen LogP contribution is 2.36. The van der Waals surface area contributed by atoms with E-state index >= 15 is 0 Å². The van der Waals surface area contributed by atoms with Crippen LogP contribution in [0.4, 0.5) is 0 Å². The van der Waals surface area contributed by atoms with Crippen LogP contribution in [0.5, 0.6) is 0 Å². The van der Waals surface area contributed by atoms with Gasteiger partial charge in [0.2, 0.25) is 0 Å². The van der Waals surface area contributed by atoms with Gasteiger partial charge in [-0.05, 0) is 37.0 Å². The molecule has 0 spiro atoms. The highest BCUT2D eigenvalue weighted by Gasteiger charge is 2.36. The van der Waals surface area contributed by atoms with Crippen molar-refractivity contribution >= 4 is 0 Å². The molecule has 1 saturated carbocycles. The monoisotopic (exact) mass is 195 g/mol. The van der Waals surface area contributed by atoms with Crippen LogP contribution in [0.25, 0.3) is 0 Å². The number of hydrogen-bond donors (Lipinski definition) is 1. The zero-order valence-electron chi connectivity index (χ0n) is 9.97. The molecule has 3 unspecified atom stereocenters. The highest BCUT2D eigenvalue weighted by atomic mass is 15.0. The van der Waals surface area contributed by atoms with E-state index in [0.717, 1.165) is 18.0 Å². The van der Waals surface area contributed by atoms with Crippen molar-refractivity contribution < 1.29 is 0 Å². The molecule has 1 aliphatic heterocycles. The molecule has 1 saturated heterocycles. The first-order valence-corrected chi connectivity index (χ1v) is 6.31. The fourth-order valence-electron chi connectivity index (χ4n) is 3.33. The van der Waals surface area contributed by atoms with Gasteiger partial charge < -0.3 is 5.32 Å². The Balaban J connectivity index is 1.87. The Morgan fingerprint density at radius 2 is 1.86 bits per heavy atom. The lowest BCUT2D eigenvalue weighted by Crippen LogP contribution is -2.34. The van der Waals surface area contributed by atoms with Crippen LogP contribution in [0.2, 0.25) is 0 Å². The van der Waals surface area contributed by atoms with Crippen molar-refractivity contribution in [2.45, 2.75) is 71.4 Å². The quantitative estimate of drug-likeness (QED) is 0.676. The van der Waals surface area contributed by atoms with Crippen molar-refractivity contribution in [2.75, 3.05) is 0 Å². The van der Waals surface area contributed by atoms with E-state index in [2.05, 4.69) is 26.1 Å².